The number of hydrogen-bond donors (Lipinski definition) is 6. The van der Waals surface area contributed by atoms with Crippen LogP contribution in [-0.2, 0) is 9.13 Å². The molecule has 8 nitrogen and oxygen atoms in total. The molecule has 0 atom stereocenters. The molecule has 0 bridgehead atoms. The molecule has 0 aliphatic rings. The van der Waals surface area contributed by atoms with Gasteiger partial charge in [0.1, 0.15) is 0 Å². The first-order chi connectivity index (χ1) is 6.12. The summed E-state index contributed by atoms with van der Waals surface area (Å²) < 4.78 is 21.8. The third kappa shape index (κ3) is 2.42. The molecule has 0 aliphatic heterocycles. The van der Waals surface area contributed by atoms with Crippen LogP contribution in [0.3, 0.4) is 0 Å². The maximum Gasteiger partial charge on any atom is 0.346 e. The first kappa shape index (κ1) is 14.2. The highest BCUT2D eigenvalue weighted by atomic mass is 31.2. The highest BCUT2D eigenvalue weighted by molar-refractivity contribution is 7.72. The molecule has 10 heteroatoms. The molecule has 14 heavy (non-hydrogen) atoms. The number of aliphatic hydroxyl groups is 1. The predicted octanol–water partition coefficient (Wildman–Crippen LogP) is -1.62. The lowest BCUT2D eigenvalue weighted by Gasteiger charge is -2.32. The van der Waals surface area contributed by atoms with Crippen molar-refractivity contribution >= 4 is 15.2 Å². The Kier molecular flexibility index (Phi) is 4.45. The van der Waals surface area contributed by atoms with Gasteiger partial charge in [-0.15, -0.1) is 0 Å². The van der Waals surface area contributed by atoms with Crippen LogP contribution in [0.1, 0.15) is 6.42 Å². The van der Waals surface area contributed by atoms with E-state index >= 15 is 0 Å². The van der Waals surface area contributed by atoms with Crippen LogP contribution in [0.4, 0.5) is 0 Å². The third-order valence-electron chi connectivity index (χ3n) is 1.88. The van der Waals surface area contributed by atoms with Crippen LogP contribution >= 0.6 is 15.2 Å². The van der Waals surface area contributed by atoms with Crippen molar-refractivity contribution in [3.63, 3.8) is 0 Å². The summed E-state index contributed by atoms with van der Waals surface area (Å²) in [7, 11) is -10.3. The van der Waals surface area contributed by atoms with Gasteiger partial charge in [-0.3, -0.25) is 9.13 Å². The van der Waals surface area contributed by atoms with Gasteiger partial charge in [0, 0.05) is 0 Å². The predicted molar refractivity (Wildman–Crippen MR) is 47.6 cm³/mol. The largest absolute Gasteiger partial charge is 0.394 e. The highest BCUT2D eigenvalue weighted by Crippen LogP contribution is 2.70. The average Bonchev–Trinajstić information content (AvgIpc) is 1.94. The van der Waals surface area contributed by atoms with E-state index in [2.05, 4.69) is 0 Å². The molecule has 7 N–H and O–H groups in total. The van der Waals surface area contributed by atoms with Gasteiger partial charge in [0.25, 0.3) is 0 Å². The van der Waals surface area contributed by atoms with E-state index < -0.39 is 33.1 Å². The van der Waals surface area contributed by atoms with Gasteiger partial charge in [-0.1, -0.05) is 0 Å². The Balaban J connectivity index is 5.45. The van der Waals surface area contributed by atoms with Gasteiger partial charge in [0.2, 0.25) is 0 Å². The van der Waals surface area contributed by atoms with Crippen molar-refractivity contribution in [3.8, 4) is 0 Å². The zero-order chi connectivity index (χ0) is 11.6. The normalized spacial score (nSPS) is 14.4. The van der Waals surface area contributed by atoms with Crippen LogP contribution in [0.15, 0.2) is 0 Å². The third-order valence-corrected chi connectivity index (χ3v) is 6.34. The molecule has 0 aromatic heterocycles. The zero-order valence-corrected chi connectivity index (χ0v) is 8.93. The van der Waals surface area contributed by atoms with E-state index in [1.54, 1.807) is 0 Å². The second-order valence-corrected chi connectivity index (χ2v) is 7.01. The first-order valence-corrected chi connectivity index (χ1v) is 6.77. The molecule has 0 radical (unpaired) electrons. The fourth-order valence-electron chi connectivity index (χ4n) is 0.955. The Morgan fingerprint density at radius 2 is 1.43 bits per heavy atom. The summed E-state index contributed by atoms with van der Waals surface area (Å²) in [6.07, 6.45) is -0.655. The van der Waals surface area contributed by atoms with Crippen molar-refractivity contribution in [2.24, 2.45) is 5.73 Å². The Morgan fingerprint density at radius 3 is 1.50 bits per heavy atom. The minimum absolute atomic E-state index is 0.350. The topological polar surface area (TPSA) is 161 Å². The van der Waals surface area contributed by atoms with Crippen molar-refractivity contribution < 1.29 is 33.8 Å². The molecule has 86 valence electrons. The van der Waals surface area contributed by atoms with Crippen LogP contribution in [0.2, 0.25) is 0 Å². The molecule has 0 amide bonds. The quantitative estimate of drug-likeness (QED) is 0.317. The van der Waals surface area contributed by atoms with Crippen molar-refractivity contribution in [2.45, 2.75) is 11.3 Å². The van der Waals surface area contributed by atoms with Crippen LogP contribution in [-0.4, -0.2) is 42.7 Å². The SMILES string of the molecule is NCCC(CO)(P(=O)(O)O)P(=O)(O)O. The fourth-order valence-corrected chi connectivity index (χ4v) is 3.52. The minimum Gasteiger partial charge on any atom is -0.394 e. The minimum atomic E-state index is -5.14. The lowest BCUT2D eigenvalue weighted by molar-refractivity contribution is 0.217. The summed E-state index contributed by atoms with van der Waals surface area (Å²) in [6.45, 7) is -1.67. The summed E-state index contributed by atoms with van der Waals surface area (Å²) >= 11 is 0. The molecule has 0 saturated heterocycles. The van der Waals surface area contributed by atoms with Crippen LogP contribution in [0, 0.1) is 0 Å². The summed E-state index contributed by atoms with van der Waals surface area (Å²) in [5, 5.41) is 8.74. The summed E-state index contributed by atoms with van der Waals surface area (Å²) in [5.74, 6) is 0. The maximum absolute atomic E-state index is 10.9. The standard InChI is InChI=1S/C4H13NO7P2/c5-2-1-4(3-6,13(7,8)9)14(10,11)12/h6H,1-3,5H2,(H2,7,8,9)(H2,10,11,12). The Labute approximate surface area is 80.1 Å². The van der Waals surface area contributed by atoms with Crippen LogP contribution in [0.25, 0.3) is 0 Å². The lowest BCUT2D eigenvalue weighted by Crippen LogP contribution is -2.35. The van der Waals surface area contributed by atoms with E-state index in [9.17, 15) is 9.13 Å². The molecule has 0 heterocycles. The van der Waals surface area contributed by atoms with Crippen molar-refractivity contribution in [2.75, 3.05) is 13.2 Å². The Hall–Kier alpha value is 0.220. The lowest BCUT2D eigenvalue weighted by atomic mass is 10.3. The van der Waals surface area contributed by atoms with Gasteiger partial charge in [0.15, 0.2) is 4.90 Å². The second-order valence-electron chi connectivity index (χ2n) is 2.77. The van der Waals surface area contributed by atoms with E-state index in [4.69, 9.17) is 30.4 Å². The summed E-state index contributed by atoms with van der Waals surface area (Å²) in [5.41, 5.74) is 4.99. The zero-order valence-electron chi connectivity index (χ0n) is 7.15. The number of rotatable bonds is 5. The molecule has 0 spiro atoms. The average molecular weight is 249 g/mol. The second kappa shape index (κ2) is 4.38. The molecule has 0 saturated carbocycles. The van der Waals surface area contributed by atoms with Gasteiger partial charge in [-0.05, 0) is 13.0 Å². The molecule has 0 fully saturated rings. The molecule has 0 aliphatic carbocycles. The van der Waals surface area contributed by atoms with Gasteiger partial charge >= 0.3 is 15.2 Å². The van der Waals surface area contributed by atoms with E-state index in [0.29, 0.717) is 0 Å². The molecule has 0 aromatic rings. The maximum atomic E-state index is 10.9. The van der Waals surface area contributed by atoms with Gasteiger partial charge in [-0.25, -0.2) is 0 Å². The molecule has 0 unspecified atom stereocenters. The molecular weight excluding hydrogens is 236 g/mol. The number of aliphatic hydroxyl groups excluding tert-OH is 1. The number of hydrogen-bond acceptors (Lipinski definition) is 4. The smallest absolute Gasteiger partial charge is 0.346 e. The monoisotopic (exact) mass is 249 g/mol. The highest BCUT2D eigenvalue weighted by Gasteiger charge is 2.59. The van der Waals surface area contributed by atoms with E-state index in [1.165, 1.54) is 0 Å². The van der Waals surface area contributed by atoms with Gasteiger partial charge in [0.05, 0.1) is 6.61 Å². The number of nitrogens with two attached hydrogens (primary N) is 1. The molecule has 0 rings (SSSR count). The van der Waals surface area contributed by atoms with E-state index in [0.717, 1.165) is 0 Å². The van der Waals surface area contributed by atoms with Crippen LogP contribution in [0.5, 0.6) is 0 Å². The van der Waals surface area contributed by atoms with Crippen molar-refractivity contribution in [1.82, 2.24) is 0 Å². The Morgan fingerprint density at radius 1 is 1.07 bits per heavy atom. The first-order valence-electron chi connectivity index (χ1n) is 3.54. The summed E-state index contributed by atoms with van der Waals surface area (Å²) in [6, 6.07) is 0. The van der Waals surface area contributed by atoms with Crippen molar-refractivity contribution in [1.29, 1.82) is 0 Å². The van der Waals surface area contributed by atoms with Gasteiger partial charge in [-0.2, -0.15) is 0 Å². The fraction of sp³-hybridized carbons (Fsp3) is 1.00. The summed E-state index contributed by atoms with van der Waals surface area (Å²) in [4.78, 5) is 32.4. The van der Waals surface area contributed by atoms with Crippen LogP contribution < -0.4 is 5.73 Å². The molecular formula is C4H13NO7P2. The van der Waals surface area contributed by atoms with Gasteiger partial charge < -0.3 is 30.4 Å². The van der Waals surface area contributed by atoms with E-state index in [1.807, 2.05) is 0 Å². The van der Waals surface area contributed by atoms with Crippen molar-refractivity contribution in [3.05, 3.63) is 0 Å². The Bertz CT molecular complexity index is 257. The van der Waals surface area contributed by atoms with E-state index in [-0.39, 0.29) is 6.54 Å². The molecule has 0 aromatic carbocycles.